The quantitative estimate of drug-likeness (QED) is 0.672. The predicted octanol–water partition coefficient (Wildman–Crippen LogP) is 2.30. The van der Waals surface area contributed by atoms with Crippen LogP contribution in [0.15, 0.2) is 11.8 Å². The van der Waals surface area contributed by atoms with Crippen molar-refractivity contribution in [1.29, 1.82) is 0 Å². The molecule has 0 unspecified atom stereocenters. The lowest BCUT2D eigenvalue weighted by Gasteiger charge is -2.32. The zero-order valence-electron chi connectivity index (χ0n) is 18.8. The van der Waals surface area contributed by atoms with E-state index in [2.05, 4.69) is 0 Å². The van der Waals surface area contributed by atoms with Crippen LogP contribution in [-0.4, -0.2) is 78.2 Å². The summed E-state index contributed by atoms with van der Waals surface area (Å²) in [5.74, 6) is 0. The van der Waals surface area contributed by atoms with Crippen LogP contribution in [-0.2, 0) is 18.6 Å². The van der Waals surface area contributed by atoms with Crippen molar-refractivity contribution >= 4 is 20.4 Å². The fourth-order valence-corrected chi connectivity index (χ4v) is 3.16. The van der Waals surface area contributed by atoms with Gasteiger partial charge in [0.05, 0.1) is 34.7 Å². The van der Waals surface area contributed by atoms with E-state index in [1.165, 1.54) is 4.90 Å². The Morgan fingerprint density at radius 1 is 0.893 bits per heavy atom. The molecule has 0 radical (unpaired) electrons. The number of nitrogens with zero attached hydrogens (tertiary/aromatic N) is 3. The summed E-state index contributed by atoms with van der Waals surface area (Å²) in [5, 5.41) is 0. The third kappa shape index (κ3) is 3.34. The monoisotopic (exact) mass is 393 g/mol. The molecule has 3 heterocycles. The summed E-state index contributed by atoms with van der Waals surface area (Å²) in [7, 11) is 2.20. The second-order valence-electron chi connectivity index (χ2n) is 9.97. The van der Waals surface area contributed by atoms with Gasteiger partial charge in [-0.15, -0.1) is 0 Å². The molecule has 2 amide bonds. The molecule has 0 bridgehead atoms. The van der Waals surface area contributed by atoms with E-state index in [0.29, 0.717) is 12.3 Å². The Morgan fingerprint density at radius 2 is 1.32 bits per heavy atom. The molecule has 0 atom stereocenters. The van der Waals surface area contributed by atoms with Crippen LogP contribution in [0.25, 0.3) is 0 Å². The molecule has 0 aliphatic carbocycles. The highest BCUT2D eigenvalue weighted by Gasteiger charge is 2.58. The average Bonchev–Trinajstić information content (AvgIpc) is 3.10. The van der Waals surface area contributed by atoms with E-state index in [1.807, 2.05) is 66.4 Å². The maximum atomic E-state index is 12.8. The Kier molecular flexibility index (Phi) is 4.90. The Morgan fingerprint density at radius 3 is 1.75 bits per heavy atom. The van der Waals surface area contributed by atoms with E-state index in [-0.39, 0.29) is 6.03 Å². The number of amides is 2. The summed E-state index contributed by atoms with van der Waals surface area (Å²) in [6.07, 6.45) is 1.85. The fraction of sp³-hybridized carbons (Fsp3) is 0.833. The van der Waals surface area contributed by atoms with Crippen LogP contribution in [0, 0.1) is 0 Å². The lowest BCUT2D eigenvalue weighted by atomic mass is 9.84. The molecule has 8 nitrogen and oxygen atoms in total. The molecule has 0 aromatic heterocycles. The van der Waals surface area contributed by atoms with Crippen molar-refractivity contribution in [2.24, 2.45) is 0 Å². The zero-order valence-corrected chi connectivity index (χ0v) is 18.8. The molecule has 3 rings (SSSR count). The van der Waals surface area contributed by atoms with E-state index in [4.69, 9.17) is 18.6 Å². The molecule has 0 aromatic carbocycles. The molecule has 10 heteroatoms. The first-order valence-corrected chi connectivity index (χ1v) is 9.75. The smallest absolute Gasteiger partial charge is 0.398 e. The highest BCUT2D eigenvalue weighted by atomic mass is 16.7. The van der Waals surface area contributed by atoms with Crippen molar-refractivity contribution < 1.29 is 23.4 Å². The highest BCUT2D eigenvalue weighted by Crippen LogP contribution is 2.42. The van der Waals surface area contributed by atoms with Crippen molar-refractivity contribution in [3.63, 3.8) is 0 Å². The van der Waals surface area contributed by atoms with Gasteiger partial charge in [0, 0.05) is 20.3 Å². The van der Waals surface area contributed by atoms with Crippen LogP contribution in [0.3, 0.4) is 0 Å². The summed E-state index contributed by atoms with van der Waals surface area (Å²) < 4.78 is 24.7. The van der Waals surface area contributed by atoms with Crippen molar-refractivity contribution in [2.75, 3.05) is 20.8 Å². The van der Waals surface area contributed by atoms with Crippen molar-refractivity contribution in [3.8, 4) is 0 Å². The number of urea groups is 1. The summed E-state index contributed by atoms with van der Waals surface area (Å²) in [6.45, 7) is 16.3. The maximum absolute atomic E-state index is 12.8. The lowest BCUT2D eigenvalue weighted by Crippen LogP contribution is -2.46. The summed E-state index contributed by atoms with van der Waals surface area (Å²) in [5.41, 5.74) is -1.28. The normalized spacial score (nSPS) is 27.4. The molecule has 2 saturated heterocycles. The summed E-state index contributed by atoms with van der Waals surface area (Å²) in [6, 6.07) is -0.153. The summed E-state index contributed by atoms with van der Waals surface area (Å²) in [4.78, 5) is 17.9. The van der Waals surface area contributed by atoms with Crippen LogP contribution in [0.1, 0.15) is 55.4 Å². The van der Waals surface area contributed by atoms with Gasteiger partial charge >= 0.3 is 20.4 Å². The Balaban J connectivity index is 1.89. The zero-order chi connectivity index (χ0) is 21.3. The van der Waals surface area contributed by atoms with Gasteiger partial charge in [0.1, 0.15) is 0 Å². The van der Waals surface area contributed by atoms with Gasteiger partial charge in [0.15, 0.2) is 0 Å². The molecule has 0 N–H and O–H groups in total. The molecule has 28 heavy (non-hydrogen) atoms. The van der Waals surface area contributed by atoms with E-state index in [0.717, 1.165) is 0 Å². The van der Waals surface area contributed by atoms with Gasteiger partial charge in [-0.2, -0.15) is 0 Å². The summed E-state index contributed by atoms with van der Waals surface area (Å²) >= 11 is 0. The lowest BCUT2D eigenvalue weighted by molar-refractivity contribution is 0.00578. The van der Waals surface area contributed by atoms with E-state index < -0.39 is 36.8 Å². The molecule has 3 aliphatic rings. The van der Waals surface area contributed by atoms with Crippen LogP contribution in [0.2, 0.25) is 0 Å². The minimum Gasteiger partial charge on any atom is -0.398 e. The van der Waals surface area contributed by atoms with E-state index in [1.54, 1.807) is 19.0 Å². The molecular weight excluding hydrogens is 360 g/mol. The van der Waals surface area contributed by atoms with Crippen molar-refractivity contribution in [2.45, 2.75) is 77.8 Å². The largest absolute Gasteiger partial charge is 0.595 e. The van der Waals surface area contributed by atoms with Crippen LogP contribution in [0.5, 0.6) is 0 Å². The van der Waals surface area contributed by atoms with Gasteiger partial charge in [0.25, 0.3) is 0 Å². The number of hydrogen-bond donors (Lipinski definition) is 0. The fourth-order valence-electron chi connectivity index (χ4n) is 3.16. The van der Waals surface area contributed by atoms with Crippen molar-refractivity contribution in [3.05, 3.63) is 11.8 Å². The van der Waals surface area contributed by atoms with Crippen molar-refractivity contribution in [1.82, 2.24) is 14.6 Å². The topological polar surface area (TPSA) is 63.7 Å². The van der Waals surface area contributed by atoms with Crippen LogP contribution in [0.4, 0.5) is 4.79 Å². The highest BCUT2D eigenvalue weighted by molar-refractivity contribution is 6.55. The number of carbonyl (C=O) groups is 1. The number of hydrogen-bond acceptors (Lipinski definition) is 6. The van der Waals surface area contributed by atoms with Gasteiger partial charge in [-0.25, -0.2) is 4.79 Å². The Labute approximate surface area is 169 Å². The van der Waals surface area contributed by atoms with Crippen LogP contribution >= 0.6 is 0 Å². The third-order valence-corrected chi connectivity index (χ3v) is 6.53. The molecule has 0 saturated carbocycles. The first kappa shape index (κ1) is 21.5. The SMILES string of the molecule is CN(C)C(=O)N1CN(B2OC(C)(C)C(C)(C)O2)C=C1B1OC(C)(C)C(C)(C)O1. The van der Waals surface area contributed by atoms with Gasteiger partial charge in [-0.3, -0.25) is 4.90 Å². The average molecular weight is 393 g/mol. The molecule has 3 aliphatic heterocycles. The minimum absolute atomic E-state index is 0.153. The number of carbonyl (C=O) groups excluding carboxylic acids is 1. The Bertz CT molecular complexity index is 661. The third-order valence-electron chi connectivity index (χ3n) is 6.53. The molecule has 0 spiro atoms. The minimum atomic E-state index is -0.652. The Hall–Kier alpha value is -1.22. The van der Waals surface area contributed by atoms with Gasteiger partial charge in [-0.05, 0) is 55.4 Å². The molecule has 156 valence electrons. The number of rotatable bonds is 2. The predicted molar refractivity (Wildman–Crippen MR) is 108 cm³/mol. The maximum Gasteiger partial charge on any atom is 0.595 e. The van der Waals surface area contributed by atoms with Gasteiger partial charge < -0.3 is 28.3 Å². The van der Waals surface area contributed by atoms with E-state index >= 15 is 0 Å². The van der Waals surface area contributed by atoms with E-state index in [9.17, 15) is 4.79 Å². The standard InChI is InChI=1S/C18H33B2N3O5/c1-15(2)16(3,4)26-19(25-15)13-11-22(12-23(13)14(24)21(9)10)20-27-17(5,6)18(7,8)28-20/h11H,12H2,1-10H3. The molecular formula is C18H33B2N3O5. The first-order valence-electron chi connectivity index (χ1n) is 9.75. The first-order chi connectivity index (χ1) is 12.6. The second-order valence-corrected chi connectivity index (χ2v) is 9.97. The van der Waals surface area contributed by atoms with Gasteiger partial charge in [-0.1, -0.05) is 0 Å². The van der Waals surface area contributed by atoms with Crippen LogP contribution < -0.4 is 0 Å². The van der Waals surface area contributed by atoms with Gasteiger partial charge in [0.2, 0.25) is 0 Å². The molecule has 0 aromatic rings. The molecule has 2 fully saturated rings. The second kappa shape index (κ2) is 6.39.